The first-order chi connectivity index (χ1) is 11.9. The number of aliphatic hydroxyl groups excluding tert-OH is 1. The van der Waals surface area contributed by atoms with Gasteiger partial charge in [0, 0.05) is 6.61 Å². The molecule has 0 saturated carbocycles. The van der Waals surface area contributed by atoms with E-state index in [0.717, 1.165) is 19.3 Å². The van der Waals surface area contributed by atoms with E-state index in [1.807, 2.05) is 0 Å². The summed E-state index contributed by atoms with van der Waals surface area (Å²) in [6.45, 7) is 0.338. The summed E-state index contributed by atoms with van der Waals surface area (Å²) in [6, 6.07) is 19.4. The molecular weight excluding hydrogens is 292 g/mol. The molecule has 0 bridgehead atoms. The predicted molar refractivity (Wildman–Crippen MR) is 104 cm³/mol. The highest BCUT2D eigenvalue weighted by molar-refractivity contribution is 5.54. The van der Waals surface area contributed by atoms with Crippen LogP contribution in [0.15, 0.2) is 60.7 Å². The van der Waals surface area contributed by atoms with Crippen LogP contribution in [-0.4, -0.2) is 11.7 Å². The normalized spacial score (nSPS) is 11.2. The van der Waals surface area contributed by atoms with Crippen molar-refractivity contribution in [1.29, 1.82) is 0 Å². The van der Waals surface area contributed by atoms with Gasteiger partial charge in [-0.1, -0.05) is 92.4 Å². The maximum absolute atomic E-state index is 8.75. The Labute approximate surface area is 147 Å². The fraction of sp³-hybridized carbons (Fsp3) is 0.391. The van der Waals surface area contributed by atoms with Crippen LogP contribution in [0.1, 0.15) is 61.6 Å². The van der Waals surface area contributed by atoms with Crippen LogP contribution in [0, 0.1) is 0 Å². The molecule has 1 N–H and O–H groups in total. The van der Waals surface area contributed by atoms with Crippen molar-refractivity contribution in [3.63, 3.8) is 0 Å². The first-order valence-corrected chi connectivity index (χ1v) is 9.29. The minimum Gasteiger partial charge on any atom is -0.396 e. The molecular formula is C23H30O. The lowest BCUT2D eigenvalue weighted by Gasteiger charge is -2.06. The summed E-state index contributed by atoms with van der Waals surface area (Å²) in [5, 5.41) is 8.75. The van der Waals surface area contributed by atoms with Crippen molar-refractivity contribution in [3.8, 4) is 0 Å². The standard InChI is InChI=1S/C23H30O/c24-19-13-6-4-2-1-3-5-10-16-22-17-11-12-18-23(22)20-21-14-8-7-9-15-21/h7-12,14-18,24H,1-6,13,19-20H2/b16-10+. The molecule has 0 amide bonds. The van der Waals surface area contributed by atoms with E-state index in [9.17, 15) is 0 Å². The topological polar surface area (TPSA) is 20.2 Å². The minimum atomic E-state index is 0.338. The number of hydrogen-bond donors (Lipinski definition) is 1. The van der Waals surface area contributed by atoms with Gasteiger partial charge in [0.1, 0.15) is 0 Å². The fourth-order valence-electron chi connectivity index (χ4n) is 2.96. The Morgan fingerprint density at radius 3 is 2.17 bits per heavy atom. The maximum atomic E-state index is 8.75. The Balaban J connectivity index is 1.76. The molecule has 2 aromatic rings. The van der Waals surface area contributed by atoms with Crippen LogP contribution < -0.4 is 0 Å². The molecule has 0 heterocycles. The van der Waals surface area contributed by atoms with E-state index in [-0.39, 0.29) is 0 Å². The SMILES string of the molecule is OCCCCCCCC/C=C/c1ccccc1Cc1ccccc1. The lowest BCUT2D eigenvalue weighted by atomic mass is 9.99. The van der Waals surface area contributed by atoms with E-state index < -0.39 is 0 Å². The van der Waals surface area contributed by atoms with Crippen molar-refractivity contribution < 1.29 is 5.11 Å². The minimum absolute atomic E-state index is 0.338. The van der Waals surface area contributed by atoms with Gasteiger partial charge >= 0.3 is 0 Å². The molecule has 0 aliphatic carbocycles. The molecule has 0 aromatic heterocycles. The van der Waals surface area contributed by atoms with Crippen molar-refractivity contribution in [2.24, 2.45) is 0 Å². The molecule has 2 aromatic carbocycles. The zero-order valence-corrected chi connectivity index (χ0v) is 14.7. The highest BCUT2D eigenvalue weighted by Gasteiger charge is 2.00. The van der Waals surface area contributed by atoms with Crippen molar-refractivity contribution >= 4 is 6.08 Å². The van der Waals surface area contributed by atoms with E-state index >= 15 is 0 Å². The molecule has 24 heavy (non-hydrogen) atoms. The largest absolute Gasteiger partial charge is 0.396 e. The van der Waals surface area contributed by atoms with Gasteiger partial charge in [-0.3, -0.25) is 0 Å². The van der Waals surface area contributed by atoms with Crippen LogP contribution in [0.5, 0.6) is 0 Å². The number of aliphatic hydroxyl groups is 1. The van der Waals surface area contributed by atoms with Gasteiger partial charge < -0.3 is 5.11 Å². The van der Waals surface area contributed by atoms with Crippen molar-refractivity contribution in [3.05, 3.63) is 77.4 Å². The molecule has 0 unspecified atom stereocenters. The van der Waals surface area contributed by atoms with Gasteiger partial charge in [0.15, 0.2) is 0 Å². The second kappa shape index (κ2) is 11.6. The molecule has 1 heteroatoms. The average molecular weight is 322 g/mol. The molecule has 0 radical (unpaired) electrons. The number of rotatable bonds is 11. The van der Waals surface area contributed by atoms with E-state index in [1.165, 1.54) is 48.8 Å². The van der Waals surface area contributed by atoms with Crippen LogP contribution in [0.3, 0.4) is 0 Å². The third-order valence-corrected chi connectivity index (χ3v) is 4.37. The maximum Gasteiger partial charge on any atom is 0.0431 e. The summed E-state index contributed by atoms with van der Waals surface area (Å²) in [5.41, 5.74) is 4.09. The van der Waals surface area contributed by atoms with Gasteiger partial charge in [-0.05, 0) is 42.4 Å². The van der Waals surface area contributed by atoms with Gasteiger partial charge in [0.25, 0.3) is 0 Å². The lowest BCUT2D eigenvalue weighted by molar-refractivity contribution is 0.282. The molecule has 0 fully saturated rings. The van der Waals surface area contributed by atoms with Gasteiger partial charge in [0.05, 0.1) is 0 Å². The summed E-state index contributed by atoms with van der Waals surface area (Å²) in [4.78, 5) is 0. The molecule has 0 atom stereocenters. The zero-order chi connectivity index (χ0) is 16.9. The smallest absolute Gasteiger partial charge is 0.0431 e. The Kier molecular flexibility index (Phi) is 8.96. The summed E-state index contributed by atoms with van der Waals surface area (Å²) >= 11 is 0. The number of unbranched alkanes of at least 4 members (excludes halogenated alkanes) is 6. The van der Waals surface area contributed by atoms with Crippen LogP contribution in [0.4, 0.5) is 0 Å². The van der Waals surface area contributed by atoms with Crippen molar-refractivity contribution in [2.45, 2.75) is 51.4 Å². The number of hydrogen-bond acceptors (Lipinski definition) is 1. The fourth-order valence-corrected chi connectivity index (χ4v) is 2.96. The molecule has 1 nitrogen and oxygen atoms in total. The molecule has 0 saturated heterocycles. The summed E-state index contributed by atoms with van der Waals surface area (Å²) < 4.78 is 0. The van der Waals surface area contributed by atoms with Gasteiger partial charge in [-0.25, -0.2) is 0 Å². The van der Waals surface area contributed by atoms with Crippen LogP contribution in [0.2, 0.25) is 0 Å². The lowest BCUT2D eigenvalue weighted by Crippen LogP contribution is -1.91. The Bertz CT molecular complexity index is 586. The first kappa shape index (κ1) is 18.5. The second-order valence-electron chi connectivity index (χ2n) is 6.40. The monoisotopic (exact) mass is 322 g/mol. The highest BCUT2D eigenvalue weighted by Crippen LogP contribution is 2.16. The second-order valence-corrected chi connectivity index (χ2v) is 6.40. The van der Waals surface area contributed by atoms with Crippen molar-refractivity contribution in [2.75, 3.05) is 6.61 Å². The van der Waals surface area contributed by atoms with Crippen molar-refractivity contribution in [1.82, 2.24) is 0 Å². The average Bonchev–Trinajstić information content (AvgIpc) is 2.62. The summed E-state index contributed by atoms with van der Waals surface area (Å²) in [5.74, 6) is 0. The summed E-state index contributed by atoms with van der Waals surface area (Å²) in [7, 11) is 0. The third kappa shape index (κ3) is 7.14. The van der Waals surface area contributed by atoms with Crippen LogP contribution in [-0.2, 0) is 6.42 Å². The Hall–Kier alpha value is -1.86. The third-order valence-electron chi connectivity index (χ3n) is 4.37. The zero-order valence-electron chi connectivity index (χ0n) is 14.7. The molecule has 0 spiro atoms. The predicted octanol–water partition coefficient (Wildman–Crippen LogP) is 6.01. The van der Waals surface area contributed by atoms with E-state index in [4.69, 9.17) is 5.11 Å². The van der Waals surface area contributed by atoms with Crippen LogP contribution in [0.25, 0.3) is 6.08 Å². The Morgan fingerprint density at radius 1 is 0.708 bits per heavy atom. The molecule has 2 rings (SSSR count). The Morgan fingerprint density at radius 2 is 1.38 bits per heavy atom. The van der Waals surface area contributed by atoms with Gasteiger partial charge in [0.2, 0.25) is 0 Å². The van der Waals surface area contributed by atoms with Gasteiger partial charge in [-0.2, -0.15) is 0 Å². The van der Waals surface area contributed by atoms with E-state index in [2.05, 4.69) is 66.7 Å². The van der Waals surface area contributed by atoms with E-state index in [0.29, 0.717) is 6.61 Å². The van der Waals surface area contributed by atoms with Crippen LogP contribution >= 0.6 is 0 Å². The van der Waals surface area contributed by atoms with Gasteiger partial charge in [-0.15, -0.1) is 0 Å². The molecule has 0 aliphatic heterocycles. The molecule has 128 valence electrons. The number of benzene rings is 2. The van der Waals surface area contributed by atoms with E-state index in [1.54, 1.807) is 0 Å². The summed E-state index contributed by atoms with van der Waals surface area (Å²) in [6.07, 6.45) is 14.0. The molecule has 0 aliphatic rings. The quantitative estimate of drug-likeness (QED) is 0.502. The first-order valence-electron chi connectivity index (χ1n) is 9.29. The number of allylic oxidation sites excluding steroid dienone is 1. The highest BCUT2D eigenvalue weighted by atomic mass is 16.2.